The molecule has 0 bridgehead atoms. The molecule has 1 unspecified atom stereocenters. The molecular formula is C12H20O4. The highest BCUT2D eigenvalue weighted by molar-refractivity contribution is 5.84. The van der Waals surface area contributed by atoms with Crippen molar-refractivity contribution in [2.75, 3.05) is 0 Å². The van der Waals surface area contributed by atoms with E-state index in [1.807, 2.05) is 0 Å². The molecule has 92 valence electrons. The van der Waals surface area contributed by atoms with Crippen molar-refractivity contribution in [3.63, 3.8) is 0 Å². The van der Waals surface area contributed by atoms with Crippen LogP contribution in [0.15, 0.2) is 0 Å². The maximum absolute atomic E-state index is 11.6. The van der Waals surface area contributed by atoms with Gasteiger partial charge in [0.25, 0.3) is 0 Å². The lowest BCUT2D eigenvalue weighted by molar-refractivity contribution is -0.138. The zero-order valence-electron chi connectivity index (χ0n) is 9.69. The van der Waals surface area contributed by atoms with Gasteiger partial charge < -0.3 is 10.2 Å². The summed E-state index contributed by atoms with van der Waals surface area (Å²) >= 11 is 0. The predicted octanol–water partition coefficient (Wildman–Crippen LogP) is 1.61. The Kier molecular flexibility index (Phi) is 4.93. The van der Waals surface area contributed by atoms with E-state index in [1.54, 1.807) is 6.92 Å². The highest BCUT2D eigenvalue weighted by atomic mass is 16.4. The Morgan fingerprint density at radius 2 is 2.25 bits per heavy atom. The molecule has 0 aromatic rings. The van der Waals surface area contributed by atoms with Crippen molar-refractivity contribution in [1.82, 2.24) is 0 Å². The molecule has 1 fully saturated rings. The van der Waals surface area contributed by atoms with Gasteiger partial charge in [-0.05, 0) is 32.1 Å². The Labute approximate surface area is 95.7 Å². The van der Waals surface area contributed by atoms with Crippen LogP contribution >= 0.6 is 0 Å². The number of carboxylic acid groups (broad SMARTS) is 1. The zero-order valence-corrected chi connectivity index (χ0v) is 9.69. The first-order valence-electron chi connectivity index (χ1n) is 5.93. The summed E-state index contributed by atoms with van der Waals surface area (Å²) in [7, 11) is 0. The summed E-state index contributed by atoms with van der Waals surface area (Å²) in [6.45, 7) is 1.73. The van der Waals surface area contributed by atoms with E-state index >= 15 is 0 Å². The number of carboxylic acids is 1. The maximum atomic E-state index is 11.6. The second-order valence-corrected chi connectivity index (χ2v) is 4.75. The van der Waals surface area contributed by atoms with E-state index in [-0.39, 0.29) is 30.1 Å². The van der Waals surface area contributed by atoms with Crippen LogP contribution in [0.5, 0.6) is 0 Å². The first kappa shape index (κ1) is 13.2. The number of carbonyl (C=O) groups excluding carboxylic acids is 1. The highest BCUT2D eigenvalue weighted by Crippen LogP contribution is 2.34. The Balaban J connectivity index is 2.40. The number of hydrogen-bond acceptors (Lipinski definition) is 3. The molecule has 0 spiro atoms. The lowest BCUT2D eigenvalue weighted by Crippen LogP contribution is -2.18. The van der Waals surface area contributed by atoms with Gasteiger partial charge in [-0.3, -0.25) is 9.59 Å². The average molecular weight is 228 g/mol. The third-order valence-corrected chi connectivity index (χ3v) is 3.32. The molecule has 16 heavy (non-hydrogen) atoms. The number of aliphatic carboxylic acids is 1. The predicted molar refractivity (Wildman–Crippen MR) is 59.0 cm³/mol. The number of ketones is 1. The van der Waals surface area contributed by atoms with Crippen molar-refractivity contribution in [1.29, 1.82) is 0 Å². The van der Waals surface area contributed by atoms with E-state index in [4.69, 9.17) is 10.2 Å². The van der Waals surface area contributed by atoms with E-state index in [2.05, 4.69) is 0 Å². The summed E-state index contributed by atoms with van der Waals surface area (Å²) in [5.41, 5.74) is 0. The van der Waals surface area contributed by atoms with Crippen molar-refractivity contribution in [3.05, 3.63) is 0 Å². The fourth-order valence-corrected chi connectivity index (χ4v) is 2.48. The molecule has 3 atom stereocenters. The minimum absolute atomic E-state index is 0.0130. The number of Topliss-reactive ketones (excluding diaryl/α,β-unsaturated/α-hetero) is 1. The molecular weight excluding hydrogens is 208 g/mol. The molecule has 0 aromatic carbocycles. The first-order chi connectivity index (χ1) is 7.50. The largest absolute Gasteiger partial charge is 0.481 e. The topological polar surface area (TPSA) is 74.6 Å². The minimum Gasteiger partial charge on any atom is -0.481 e. The van der Waals surface area contributed by atoms with Gasteiger partial charge in [0.2, 0.25) is 0 Å². The van der Waals surface area contributed by atoms with Gasteiger partial charge in [-0.25, -0.2) is 0 Å². The van der Waals surface area contributed by atoms with Gasteiger partial charge in [-0.2, -0.15) is 0 Å². The van der Waals surface area contributed by atoms with E-state index in [0.717, 1.165) is 12.8 Å². The fraction of sp³-hybridized carbons (Fsp3) is 0.833. The molecule has 4 nitrogen and oxygen atoms in total. The van der Waals surface area contributed by atoms with Crippen LogP contribution in [0.1, 0.15) is 45.4 Å². The minimum atomic E-state index is -0.819. The maximum Gasteiger partial charge on any atom is 0.303 e. The molecule has 0 aromatic heterocycles. The van der Waals surface area contributed by atoms with Crippen molar-refractivity contribution >= 4 is 11.8 Å². The molecule has 2 N–H and O–H groups in total. The second kappa shape index (κ2) is 5.99. The van der Waals surface area contributed by atoms with Gasteiger partial charge in [0.1, 0.15) is 5.78 Å². The van der Waals surface area contributed by atoms with Crippen LogP contribution in [0.3, 0.4) is 0 Å². The van der Waals surface area contributed by atoms with Crippen LogP contribution in [0.25, 0.3) is 0 Å². The number of rotatable bonds is 6. The second-order valence-electron chi connectivity index (χ2n) is 4.75. The van der Waals surface area contributed by atoms with Gasteiger partial charge in [0, 0.05) is 18.8 Å². The van der Waals surface area contributed by atoms with E-state index in [9.17, 15) is 9.59 Å². The molecule has 0 amide bonds. The van der Waals surface area contributed by atoms with Crippen LogP contribution in [0.4, 0.5) is 0 Å². The van der Waals surface area contributed by atoms with Gasteiger partial charge in [-0.15, -0.1) is 0 Å². The van der Waals surface area contributed by atoms with Gasteiger partial charge in [-0.1, -0.05) is 6.42 Å². The van der Waals surface area contributed by atoms with Crippen molar-refractivity contribution in [2.24, 2.45) is 11.8 Å². The standard InChI is InChI=1S/C12H20O4/c1-8(13)3-2-4-10-9(7-12(15)16)5-6-11(10)14/h8-10,13H,2-7H2,1H3,(H,15,16)/t8?,9-,10-/m1/s1. The fourth-order valence-electron chi connectivity index (χ4n) is 2.48. The van der Waals surface area contributed by atoms with Crippen LogP contribution in [-0.4, -0.2) is 28.1 Å². The lowest BCUT2D eigenvalue weighted by atomic mass is 9.88. The van der Waals surface area contributed by atoms with Crippen LogP contribution in [-0.2, 0) is 9.59 Å². The number of carbonyl (C=O) groups is 2. The monoisotopic (exact) mass is 228 g/mol. The molecule has 1 aliphatic rings. The smallest absolute Gasteiger partial charge is 0.303 e. The van der Waals surface area contributed by atoms with Crippen LogP contribution in [0, 0.1) is 11.8 Å². The van der Waals surface area contributed by atoms with Gasteiger partial charge in [0.15, 0.2) is 0 Å². The van der Waals surface area contributed by atoms with Crippen LogP contribution in [0.2, 0.25) is 0 Å². The quantitative estimate of drug-likeness (QED) is 0.724. The molecule has 4 heteroatoms. The Hall–Kier alpha value is -0.900. The molecule has 0 saturated heterocycles. The number of aliphatic hydroxyl groups is 1. The SMILES string of the molecule is CC(O)CCC[C@H]1C(=O)CC[C@@H]1CC(=O)O. The Morgan fingerprint density at radius 1 is 1.56 bits per heavy atom. The molecule has 0 aliphatic heterocycles. The van der Waals surface area contributed by atoms with Crippen molar-refractivity contribution < 1.29 is 19.8 Å². The summed E-state index contributed by atoms with van der Waals surface area (Å²) in [5.74, 6) is -0.689. The van der Waals surface area contributed by atoms with E-state index in [1.165, 1.54) is 0 Å². The molecule has 1 saturated carbocycles. The summed E-state index contributed by atoms with van der Waals surface area (Å²) < 4.78 is 0. The normalized spacial score (nSPS) is 27.0. The summed E-state index contributed by atoms with van der Waals surface area (Å²) in [4.78, 5) is 22.2. The van der Waals surface area contributed by atoms with Crippen molar-refractivity contribution in [2.45, 2.75) is 51.6 Å². The third-order valence-electron chi connectivity index (χ3n) is 3.32. The van der Waals surface area contributed by atoms with Gasteiger partial charge >= 0.3 is 5.97 Å². The zero-order chi connectivity index (χ0) is 12.1. The Bertz CT molecular complexity index is 260. The average Bonchev–Trinajstić information content (AvgIpc) is 2.48. The van der Waals surface area contributed by atoms with Crippen LogP contribution < -0.4 is 0 Å². The summed E-state index contributed by atoms with van der Waals surface area (Å²) in [5, 5.41) is 17.9. The lowest BCUT2D eigenvalue weighted by Gasteiger charge is -2.16. The number of hydrogen-bond donors (Lipinski definition) is 2. The van der Waals surface area contributed by atoms with Crippen molar-refractivity contribution in [3.8, 4) is 0 Å². The third kappa shape index (κ3) is 3.93. The molecule has 1 aliphatic carbocycles. The molecule has 1 rings (SSSR count). The number of aliphatic hydroxyl groups excluding tert-OH is 1. The van der Waals surface area contributed by atoms with Gasteiger partial charge in [0.05, 0.1) is 6.10 Å². The molecule has 0 radical (unpaired) electrons. The summed E-state index contributed by atoms with van der Waals surface area (Å²) in [6.07, 6.45) is 3.21. The highest BCUT2D eigenvalue weighted by Gasteiger charge is 2.35. The van der Waals surface area contributed by atoms with E-state index < -0.39 is 5.97 Å². The Morgan fingerprint density at radius 3 is 2.81 bits per heavy atom. The van der Waals surface area contributed by atoms with E-state index in [0.29, 0.717) is 19.3 Å². The molecule has 0 heterocycles. The first-order valence-corrected chi connectivity index (χ1v) is 5.93. The summed E-state index contributed by atoms with van der Waals surface area (Å²) in [6, 6.07) is 0.